The maximum atomic E-state index is 12.9. The molecule has 2 aromatic carbocycles. The number of aryl methyl sites for hydroxylation is 1. The fourth-order valence-electron chi connectivity index (χ4n) is 2.49. The van der Waals surface area contributed by atoms with Crippen LogP contribution in [0.5, 0.6) is 5.75 Å². The Labute approximate surface area is 135 Å². The first-order valence-electron chi connectivity index (χ1n) is 7.40. The number of methoxy groups -OCH3 is 1. The van der Waals surface area contributed by atoms with Crippen LogP contribution in [-0.4, -0.2) is 17.9 Å². The largest absolute Gasteiger partial charge is 0.497 e. The molecule has 23 heavy (non-hydrogen) atoms. The second kappa shape index (κ2) is 6.44. The minimum Gasteiger partial charge on any atom is -0.497 e. The van der Waals surface area contributed by atoms with E-state index in [9.17, 15) is 4.79 Å². The Balaban J connectivity index is 2.06. The number of aromatic nitrogens is 1. The van der Waals surface area contributed by atoms with Gasteiger partial charge in [0.25, 0.3) is 0 Å². The van der Waals surface area contributed by atoms with Crippen molar-refractivity contribution in [1.29, 1.82) is 0 Å². The Bertz CT molecular complexity index is 824. The van der Waals surface area contributed by atoms with Gasteiger partial charge in [0.1, 0.15) is 5.75 Å². The molecule has 0 aliphatic heterocycles. The predicted octanol–water partition coefficient (Wildman–Crippen LogP) is 4.30. The van der Waals surface area contributed by atoms with Crippen molar-refractivity contribution in [1.82, 2.24) is 4.98 Å². The van der Waals surface area contributed by atoms with E-state index >= 15 is 0 Å². The van der Waals surface area contributed by atoms with Gasteiger partial charge in [-0.05, 0) is 49.4 Å². The molecule has 0 saturated carbocycles. The van der Waals surface area contributed by atoms with E-state index in [0.717, 1.165) is 22.6 Å². The van der Waals surface area contributed by atoms with E-state index in [0.29, 0.717) is 11.1 Å². The van der Waals surface area contributed by atoms with Crippen molar-refractivity contribution < 1.29 is 9.53 Å². The summed E-state index contributed by atoms with van der Waals surface area (Å²) in [6.45, 7) is 2.01. The molecule has 0 fully saturated rings. The first kappa shape index (κ1) is 15.0. The maximum Gasteiger partial charge on any atom is 0.193 e. The third-order valence-corrected chi connectivity index (χ3v) is 3.71. The number of hydrogen-bond acceptors (Lipinski definition) is 3. The van der Waals surface area contributed by atoms with Crippen molar-refractivity contribution in [3.63, 3.8) is 0 Å². The van der Waals surface area contributed by atoms with Crippen molar-refractivity contribution in [2.75, 3.05) is 7.11 Å². The monoisotopic (exact) mass is 303 g/mol. The van der Waals surface area contributed by atoms with Crippen LogP contribution in [0, 0.1) is 6.92 Å². The first-order valence-corrected chi connectivity index (χ1v) is 7.40. The summed E-state index contributed by atoms with van der Waals surface area (Å²) in [6.07, 6.45) is 1.74. The van der Waals surface area contributed by atoms with Gasteiger partial charge < -0.3 is 4.74 Å². The molecule has 0 radical (unpaired) electrons. The summed E-state index contributed by atoms with van der Waals surface area (Å²) in [7, 11) is 1.61. The number of carbonyl (C=O) groups is 1. The number of ketones is 1. The Morgan fingerprint density at radius 2 is 1.78 bits per heavy atom. The number of ether oxygens (including phenoxy) is 1. The smallest absolute Gasteiger partial charge is 0.193 e. The summed E-state index contributed by atoms with van der Waals surface area (Å²) in [5.41, 5.74) is 4.03. The van der Waals surface area contributed by atoms with E-state index in [4.69, 9.17) is 4.74 Å². The highest BCUT2D eigenvalue weighted by Crippen LogP contribution is 2.26. The summed E-state index contributed by atoms with van der Waals surface area (Å²) >= 11 is 0. The molecule has 0 N–H and O–H groups in total. The third-order valence-electron chi connectivity index (χ3n) is 3.71. The van der Waals surface area contributed by atoms with Gasteiger partial charge in [0.15, 0.2) is 5.78 Å². The Morgan fingerprint density at radius 1 is 1.00 bits per heavy atom. The summed E-state index contributed by atoms with van der Waals surface area (Å²) in [5.74, 6) is 0.712. The van der Waals surface area contributed by atoms with Crippen LogP contribution in [0.15, 0.2) is 66.9 Å². The van der Waals surface area contributed by atoms with E-state index in [1.54, 1.807) is 37.6 Å². The molecule has 1 heterocycles. The van der Waals surface area contributed by atoms with Crippen molar-refractivity contribution in [2.45, 2.75) is 6.92 Å². The molecule has 3 heteroatoms. The fraction of sp³-hybridized carbons (Fsp3) is 0.100. The second-order valence-corrected chi connectivity index (χ2v) is 5.32. The molecule has 3 nitrogen and oxygen atoms in total. The number of benzene rings is 2. The van der Waals surface area contributed by atoms with Gasteiger partial charge in [-0.25, -0.2) is 0 Å². The Hall–Kier alpha value is -2.94. The first-order chi connectivity index (χ1) is 11.2. The van der Waals surface area contributed by atoms with Crippen molar-refractivity contribution in [2.24, 2.45) is 0 Å². The van der Waals surface area contributed by atoms with Gasteiger partial charge in [0.05, 0.1) is 12.8 Å². The average Bonchev–Trinajstić information content (AvgIpc) is 2.62. The highest BCUT2D eigenvalue weighted by molar-refractivity contribution is 6.12. The van der Waals surface area contributed by atoms with Crippen molar-refractivity contribution >= 4 is 5.78 Å². The van der Waals surface area contributed by atoms with Crippen LogP contribution in [0.3, 0.4) is 0 Å². The number of pyridine rings is 1. The van der Waals surface area contributed by atoms with Crippen LogP contribution in [0.25, 0.3) is 11.3 Å². The highest BCUT2D eigenvalue weighted by atomic mass is 16.5. The molecule has 0 aliphatic rings. The van der Waals surface area contributed by atoms with E-state index in [-0.39, 0.29) is 5.78 Å². The SMILES string of the molecule is COc1ccc(C(=O)c2ccc(C)cc2-c2ccccn2)cc1. The fourth-order valence-corrected chi connectivity index (χ4v) is 2.49. The zero-order valence-corrected chi connectivity index (χ0v) is 13.1. The van der Waals surface area contributed by atoms with Crippen LogP contribution >= 0.6 is 0 Å². The maximum absolute atomic E-state index is 12.9. The molecule has 3 rings (SSSR count). The van der Waals surface area contributed by atoms with E-state index in [2.05, 4.69) is 4.98 Å². The van der Waals surface area contributed by atoms with E-state index in [1.165, 1.54) is 0 Å². The molecule has 114 valence electrons. The van der Waals surface area contributed by atoms with Crippen LogP contribution in [0.2, 0.25) is 0 Å². The third kappa shape index (κ3) is 3.14. The average molecular weight is 303 g/mol. The quantitative estimate of drug-likeness (QED) is 0.675. The normalized spacial score (nSPS) is 10.3. The summed E-state index contributed by atoms with van der Waals surface area (Å²) in [5, 5.41) is 0. The molecular weight excluding hydrogens is 286 g/mol. The van der Waals surface area contributed by atoms with Crippen LogP contribution in [0.1, 0.15) is 21.5 Å². The molecule has 0 unspecified atom stereocenters. The minimum absolute atomic E-state index is 0.0201. The van der Waals surface area contributed by atoms with Crippen LogP contribution in [-0.2, 0) is 0 Å². The second-order valence-electron chi connectivity index (χ2n) is 5.32. The lowest BCUT2D eigenvalue weighted by Gasteiger charge is -2.10. The van der Waals surface area contributed by atoms with Gasteiger partial charge >= 0.3 is 0 Å². The molecule has 0 amide bonds. The Kier molecular flexibility index (Phi) is 4.20. The van der Waals surface area contributed by atoms with Crippen LogP contribution < -0.4 is 4.74 Å². The molecule has 0 atom stereocenters. The lowest BCUT2D eigenvalue weighted by Crippen LogP contribution is -2.04. The van der Waals surface area contributed by atoms with Gasteiger partial charge in [-0.2, -0.15) is 0 Å². The number of nitrogens with zero attached hydrogens (tertiary/aromatic N) is 1. The van der Waals surface area contributed by atoms with E-state index in [1.807, 2.05) is 43.3 Å². The molecule has 0 aliphatic carbocycles. The summed E-state index contributed by atoms with van der Waals surface area (Å²) < 4.78 is 5.14. The van der Waals surface area contributed by atoms with Gasteiger partial charge in [-0.3, -0.25) is 9.78 Å². The molecular formula is C20H17NO2. The Morgan fingerprint density at radius 3 is 2.43 bits per heavy atom. The lowest BCUT2D eigenvalue weighted by atomic mass is 9.94. The zero-order valence-electron chi connectivity index (χ0n) is 13.1. The standard InChI is InChI=1S/C20H17NO2/c1-14-6-11-17(18(13-14)19-5-3-4-12-21-19)20(22)15-7-9-16(23-2)10-8-15/h3-13H,1-2H3. The lowest BCUT2D eigenvalue weighted by molar-refractivity contribution is 0.103. The van der Waals surface area contributed by atoms with Crippen LogP contribution in [0.4, 0.5) is 0 Å². The van der Waals surface area contributed by atoms with Gasteiger partial charge in [-0.15, -0.1) is 0 Å². The van der Waals surface area contributed by atoms with Crippen molar-refractivity contribution in [3.05, 3.63) is 83.6 Å². The minimum atomic E-state index is -0.0201. The topological polar surface area (TPSA) is 39.2 Å². The molecule has 0 bridgehead atoms. The predicted molar refractivity (Wildman–Crippen MR) is 90.8 cm³/mol. The van der Waals surface area contributed by atoms with Gasteiger partial charge in [0.2, 0.25) is 0 Å². The van der Waals surface area contributed by atoms with Gasteiger partial charge in [0, 0.05) is 22.9 Å². The number of hydrogen-bond donors (Lipinski definition) is 0. The summed E-state index contributed by atoms with van der Waals surface area (Å²) in [6, 6.07) is 18.7. The number of carbonyl (C=O) groups excluding carboxylic acids is 1. The molecule has 1 aromatic heterocycles. The molecule has 0 saturated heterocycles. The zero-order chi connectivity index (χ0) is 16.2. The van der Waals surface area contributed by atoms with Crippen molar-refractivity contribution in [3.8, 4) is 17.0 Å². The number of rotatable bonds is 4. The van der Waals surface area contributed by atoms with E-state index < -0.39 is 0 Å². The van der Waals surface area contributed by atoms with Gasteiger partial charge in [-0.1, -0.05) is 23.8 Å². The summed E-state index contributed by atoms with van der Waals surface area (Å²) in [4.78, 5) is 17.3. The highest BCUT2D eigenvalue weighted by Gasteiger charge is 2.15. The molecule has 3 aromatic rings. The molecule has 0 spiro atoms.